The lowest BCUT2D eigenvalue weighted by molar-refractivity contribution is -0.153. The first-order chi connectivity index (χ1) is 13.4. The Bertz CT molecular complexity index is 755. The molecule has 7 heteroatoms. The fraction of sp³-hybridized carbons (Fsp3) is 0.381. The molecule has 1 amide bonds. The number of carbonyl (C=O) groups excluding carboxylic acids is 1. The van der Waals surface area contributed by atoms with Crippen LogP contribution in [0.4, 0.5) is 13.2 Å². The zero-order valence-electron chi connectivity index (χ0n) is 15.3. The third kappa shape index (κ3) is 5.90. The second-order valence-electron chi connectivity index (χ2n) is 6.79. The summed E-state index contributed by atoms with van der Waals surface area (Å²) in [7, 11) is 0. The van der Waals surface area contributed by atoms with Gasteiger partial charge >= 0.3 is 6.18 Å². The molecule has 0 spiro atoms. The maximum atomic E-state index is 12.6. The van der Waals surface area contributed by atoms with E-state index in [1.54, 1.807) is 4.90 Å². The zero-order valence-corrected chi connectivity index (χ0v) is 15.3. The van der Waals surface area contributed by atoms with E-state index < -0.39 is 12.8 Å². The van der Waals surface area contributed by atoms with Gasteiger partial charge in [0.05, 0.1) is 6.61 Å². The van der Waals surface area contributed by atoms with Gasteiger partial charge in [-0.05, 0) is 55.2 Å². The molecule has 2 aromatic carbocycles. The van der Waals surface area contributed by atoms with Gasteiger partial charge in [-0.15, -0.1) is 0 Å². The van der Waals surface area contributed by atoms with Crippen LogP contribution in [0.25, 0.3) is 0 Å². The molecule has 0 aliphatic carbocycles. The number of amides is 1. The van der Waals surface area contributed by atoms with Crippen molar-refractivity contribution in [3.8, 4) is 11.5 Å². The number of hydrogen-bond acceptors (Lipinski definition) is 3. The molecule has 1 heterocycles. The molecule has 1 aliphatic heterocycles. The van der Waals surface area contributed by atoms with Gasteiger partial charge in [-0.2, -0.15) is 13.2 Å². The summed E-state index contributed by atoms with van der Waals surface area (Å²) in [5.74, 6) is 1.20. The maximum Gasteiger partial charge on any atom is 0.422 e. The fourth-order valence-electron chi connectivity index (χ4n) is 3.07. The van der Waals surface area contributed by atoms with Crippen molar-refractivity contribution in [3.05, 3.63) is 60.2 Å². The molecule has 3 rings (SSSR count). The smallest absolute Gasteiger partial charge is 0.422 e. The number of alkyl halides is 3. The molecule has 0 N–H and O–H groups in total. The first-order valence-electron chi connectivity index (χ1n) is 9.17. The SMILES string of the molecule is O=C(c1ccc(OCC(F)(F)F)cc1)N1CCC(COc2ccccc2)CC1. The summed E-state index contributed by atoms with van der Waals surface area (Å²) in [6.07, 6.45) is -2.68. The normalized spacial score (nSPS) is 15.3. The number of likely N-dealkylation sites (tertiary alicyclic amines) is 1. The van der Waals surface area contributed by atoms with Crippen LogP contribution in [-0.2, 0) is 0 Å². The number of benzene rings is 2. The molecule has 0 unspecified atom stereocenters. The summed E-state index contributed by atoms with van der Waals surface area (Å²) in [4.78, 5) is 14.4. The molecule has 0 saturated carbocycles. The molecule has 1 aliphatic rings. The van der Waals surface area contributed by atoms with Crippen molar-refractivity contribution < 1.29 is 27.4 Å². The number of rotatable bonds is 6. The largest absolute Gasteiger partial charge is 0.493 e. The minimum atomic E-state index is -4.39. The highest BCUT2D eigenvalue weighted by molar-refractivity contribution is 5.94. The summed E-state index contributed by atoms with van der Waals surface area (Å²) < 4.78 is 47.0. The number of nitrogens with zero attached hydrogens (tertiary/aromatic N) is 1. The van der Waals surface area contributed by atoms with Crippen LogP contribution in [0.2, 0.25) is 0 Å². The van der Waals surface area contributed by atoms with Gasteiger partial charge in [-0.25, -0.2) is 0 Å². The van der Waals surface area contributed by atoms with Crippen molar-refractivity contribution in [2.75, 3.05) is 26.3 Å². The molecule has 1 saturated heterocycles. The second kappa shape index (κ2) is 8.99. The molecule has 0 radical (unpaired) electrons. The van der Waals surface area contributed by atoms with Crippen LogP contribution in [0, 0.1) is 5.92 Å². The van der Waals surface area contributed by atoms with Crippen LogP contribution in [0.1, 0.15) is 23.2 Å². The van der Waals surface area contributed by atoms with Gasteiger partial charge in [0, 0.05) is 18.7 Å². The van der Waals surface area contributed by atoms with Gasteiger partial charge in [0.1, 0.15) is 11.5 Å². The third-order valence-corrected chi connectivity index (χ3v) is 4.63. The average Bonchev–Trinajstić information content (AvgIpc) is 2.71. The molecule has 4 nitrogen and oxygen atoms in total. The van der Waals surface area contributed by atoms with E-state index in [1.807, 2.05) is 30.3 Å². The Morgan fingerprint density at radius 2 is 1.54 bits per heavy atom. The number of para-hydroxylation sites is 1. The maximum absolute atomic E-state index is 12.6. The van der Waals surface area contributed by atoms with Crippen LogP contribution in [0.15, 0.2) is 54.6 Å². The van der Waals surface area contributed by atoms with E-state index in [-0.39, 0.29) is 11.7 Å². The van der Waals surface area contributed by atoms with Crippen LogP contribution in [-0.4, -0.2) is 43.3 Å². The molecular formula is C21H22F3NO3. The molecule has 2 aromatic rings. The van der Waals surface area contributed by atoms with Crippen LogP contribution < -0.4 is 9.47 Å². The summed E-state index contributed by atoms with van der Waals surface area (Å²) in [5, 5.41) is 0. The van der Waals surface area contributed by atoms with Gasteiger partial charge in [0.15, 0.2) is 6.61 Å². The monoisotopic (exact) mass is 393 g/mol. The number of halogens is 3. The molecule has 28 heavy (non-hydrogen) atoms. The number of hydrogen-bond donors (Lipinski definition) is 0. The lowest BCUT2D eigenvalue weighted by atomic mass is 9.97. The van der Waals surface area contributed by atoms with Crippen molar-refractivity contribution in [2.24, 2.45) is 5.92 Å². The highest BCUT2D eigenvalue weighted by atomic mass is 19.4. The van der Waals surface area contributed by atoms with E-state index >= 15 is 0 Å². The van der Waals surface area contributed by atoms with Gasteiger partial charge in [-0.1, -0.05) is 18.2 Å². The summed E-state index contributed by atoms with van der Waals surface area (Å²) in [5.41, 5.74) is 0.443. The number of ether oxygens (including phenoxy) is 2. The standard InChI is InChI=1S/C21H22F3NO3/c22-21(23,24)15-28-19-8-6-17(7-9-19)20(26)25-12-10-16(11-13-25)14-27-18-4-2-1-3-5-18/h1-9,16H,10-15H2. The Labute approximate surface area is 161 Å². The minimum absolute atomic E-state index is 0.0886. The Kier molecular flexibility index (Phi) is 6.44. The molecule has 0 aromatic heterocycles. The first kappa shape index (κ1) is 20.0. The van der Waals surface area contributed by atoms with Crippen molar-refractivity contribution in [3.63, 3.8) is 0 Å². The van der Waals surface area contributed by atoms with Crippen molar-refractivity contribution in [1.82, 2.24) is 4.90 Å². The topological polar surface area (TPSA) is 38.8 Å². The van der Waals surface area contributed by atoms with Crippen molar-refractivity contribution in [2.45, 2.75) is 19.0 Å². The summed E-state index contributed by atoms with van der Waals surface area (Å²) in [6.45, 7) is 0.540. The highest BCUT2D eigenvalue weighted by Crippen LogP contribution is 2.22. The van der Waals surface area contributed by atoms with E-state index in [0.29, 0.717) is 31.2 Å². The molecule has 0 bridgehead atoms. The molecular weight excluding hydrogens is 371 g/mol. The Morgan fingerprint density at radius 1 is 0.929 bits per heavy atom. The Balaban J connectivity index is 1.45. The molecule has 150 valence electrons. The number of piperidine rings is 1. The first-order valence-corrected chi connectivity index (χ1v) is 9.17. The molecule has 1 fully saturated rings. The van der Waals surface area contributed by atoms with Gasteiger partial charge < -0.3 is 14.4 Å². The Hall–Kier alpha value is -2.70. The summed E-state index contributed by atoms with van der Waals surface area (Å²) >= 11 is 0. The van der Waals surface area contributed by atoms with Crippen LogP contribution >= 0.6 is 0 Å². The molecule has 0 atom stereocenters. The Morgan fingerprint density at radius 3 is 2.14 bits per heavy atom. The zero-order chi connectivity index (χ0) is 20.0. The lowest BCUT2D eigenvalue weighted by Gasteiger charge is -2.32. The minimum Gasteiger partial charge on any atom is -0.493 e. The predicted molar refractivity (Wildman–Crippen MR) is 98.6 cm³/mol. The van der Waals surface area contributed by atoms with E-state index in [9.17, 15) is 18.0 Å². The predicted octanol–water partition coefficient (Wildman–Crippen LogP) is 4.56. The van der Waals surface area contributed by atoms with E-state index in [1.165, 1.54) is 24.3 Å². The van der Waals surface area contributed by atoms with E-state index in [0.717, 1.165) is 18.6 Å². The average molecular weight is 393 g/mol. The van der Waals surface area contributed by atoms with Crippen LogP contribution in [0.3, 0.4) is 0 Å². The number of carbonyl (C=O) groups is 1. The highest BCUT2D eigenvalue weighted by Gasteiger charge is 2.28. The lowest BCUT2D eigenvalue weighted by Crippen LogP contribution is -2.39. The van der Waals surface area contributed by atoms with E-state index in [4.69, 9.17) is 4.74 Å². The quantitative estimate of drug-likeness (QED) is 0.722. The van der Waals surface area contributed by atoms with Gasteiger partial charge in [0.2, 0.25) is 0 Å². The van der Waals surface area contributed by atoms with Gasteiger partial charge in [0.25, 0.3) is 5.91 Å². The van der Waals surface area contributed by atoms with E-state index in [2.05, 4.69) is 4.74 Å². The second-order valence-corrected chi connectivity index (χ2v) is 6.79. The van der Waals surface area contributed by atoms with Crippen LogP contribution in [0.5, 0.6) is 11.5 Å². The third-order valence-electron chi connectivity index (χ3n) is 4.63. The van der Waals surface area contributed by atoms with Crippen molar-refractivity contribution >= 4 is 5.91 Å². The van der Waals surface area contributed by atoms with Crippen molar-refractivity contribution in [1.29, 1.82) is 0 Å². The van der Waals surface area contributed by atoms with Gasteiger partial charge in [-0.3, -0.25) is 4.79 Å². The summed E-state index contributed by atoms with van der Waals surface area (Å²) in [6, 6.07) is 15.4. The fourth-order valence-corrected chi connectivity index (χ4v) is 3.07.